The molecular formula is C15H22FNO. The first-order valence-corrected chi connectivity index (χ1v) is 6.97. The summed E-state index contributed by atoms with van der Waals surface area (Å²) in [7, 11) is 0. The molecule has 18 heavy (non-hydrogen) atoms. The molecule has 0 aromatic heterocycles. The van der Waals surface area contributed by atoms with Crippen LogP contribution in [0.4, 0.5) is 4.39 Å². The van der Waals surface area contributed by atoms with Crippen molar-refractivity contribution in [1.82, 2.24) is 5.32 Å². The van der Waals surface area contributed by atoms with Crippen LogP contribution in [0, 0.1) is 5.82 Å². The predicted molar refractivity (Wildman–Crippen MR) is 71.4 cm³/mol. The van der Waals surface area contributed by atoms with Crippen molar-refractivity contribution >= 4 is 0 Å². The average Bonchev–Trinajstić information content (AvgIpc) is 2.39. The molecule has 1 aliphatic rings. The number of hydrogen-bond acceptors (Lipinski definition) is 2. The molecule has 1 aliphatic heterocycles. The van der Waals surface area contributed by atoms with E-state index < -0.39 is 0 Å². The molecule has 0 saturated heterocycles. The van der Waals surface area contributed by atoms with E-state index in [1.165, 1.54) is 31.7 Å². The van der Waals surface area contributed by atoms with Gasteiger partial charge in [-0.2, -0.15) is 0 Å². The molecule has 0 bridgehead atoms. The lowest BCUT2D eigenvalue weighted by Gasteiger charge is -2.26. The fourth-order valence-electron chi connectivity index (χ4n) is 2.41. The van der Waals surface area contributed by atoms with Gasteiger partial charge in [0.15, 0.2) is 0 Å². The summed E-state index contributed by atoms with van der Waals surface area (Å²) in [6, 6.07) is 5.03. The van der Waals surface area contributed by atoms with Crippen LogP contribution in [-0.2, 0) is 0 Å². The highest BCUT2D eigenvalue weighted by atomic mass is 19.1. The van der Waals surface area contributed by atoms with Crippen molar-refractivity contribution in [1.29, 1.82) is 0 Å². The lowest BCUT2D eigenvalue weighted by Crippen LogP contribution is -2.28. The second-order valence-electron chi connectivity index (χ2n) is 4.89. The molecule has 0 spiro atoms. The molecule has 1 heterocycles. The number of rotatable bonds is 6. The molecule has 1 aromatic carbocycles. The van der Waals surface area contributed by atoms with Gasteiger partial charge in [0.2, 0.25) is 0 Å². The maximum atomic E-state index is 13.3. The second kappa shape index (κ2) is 6.74. The van der Waals surface area contributed by atoms with E-state index in [1.54, 1.807) is 12.1 Å². The zero-order valence-corrected chi connectivity index (χ0v) is 11.0. The van der Waals surface area contributed by atoms with Crippen LogP contribution in [0.1, 0.15) is 50.6 Å². The molecule has 1 N–H and O–H groups in total. The Morgan fingerprint density at radius 1 is 1.33 bits per heavy atom. The topological polar surface area (TPSA) is 21.3 Å². The monoisotopic (exact) mass is 251 g/mol. The maximum absolute atomic E-state index is 13.3. The van der Waals surface area contributed by atoms with Gasteiger partial charge < -0.3 is 10.1 Å². The Labute approximate surface area is 109 Å². The summed E-state index contributed by atoms with van der Waals surface area (Å²) in [5.41, 5.74) is 0.969. The van der Waals surface area contributed by atoms with E-state index in [0.717, 1.165) is 24.3 Å². The summed E-state index contributed by atoms with van der Waals surface area (Å²) in [5.74, 6) is 0.644. The van der Waals surface area contributed by atoms with Gasteiger partial charge >= 0.3 is 0 Å². The molecule has 3 heteroatoms. The highest BCUT2D eigenvalue weighted by molar-refractivity contribution is 5.37. The van der Waals surface area contributed by atoms with E-state index >= 15 is 0 Å². The minimum absolute atomic E-state index is 0.183. The average molecular weight is 251 g/mol. The van der Waals surface area contributed by atoms with Crippen molar-refractivity contribution < 1.29 is 9.13 Å². The SMILES string of the molecule is CCCCCCNC1CCOc2ccc(F)cc21. The number of ether oxygens (including phenoxy) is 1. The number of hydrogen-bond donors (Lipinski definition) is 1. The third-order valence-corrected chi connectivity index (χ3v) is 3.43. The fraction of sp³-hybridized carbons (Fsp3) is 0.600. The minimum Gasteiger partial charge on any atom is -0.493 e. The molecule has 0 fully saturated rings. The first-order valence-electron chi connectivity index (χ1n) is 6.97. The van der Waals surface area contributed by atoms with E-state index in [4.69, 9.17) is 4.74 Å². The molecule has 2 nitrogen and oxygen atoms in total. The number of nitrogens with one attached hydrogen (secondary N) is 1. The van der Waals surface area contributed by atoms with Crippen LogP contribution in [0.5, 0.6) is 5.75 Å². The van der Waals surface area contributed by atoms with Crippen LogP contribution in [0.15, 0.2) is 18.2 Å². The maximum Gasteiger partial charge on any atom is 0.124 e. The predicted octanol–water partition coefficient (Wildman–Crippen LogP) is 3.82. The molecule has 1 aromatic rings. The van der Waals surface area contributed by atoms with Crippen molar-refractivity contribution in [3.8, 4) is 5.75 Å². The Kier molecular flexibility index (Phi) is 5.00. The summed E-state index contributed by atoms with van der Waals surface area (Å²) in [5, 5.41) is 3.52. The van der Waals surface area contributed by atoms with Crippen LogP contribution >= 0.6 is 0 Å². The Bertz CT molecular complexity index is 381. The van der Waals surface area contributed by atoms with Gasteiger partial charge in [-0.3, -0.25) is 0 Å². The Balaban J connectivity index is 1.89. The van der Waals surface area contributed by atoms with Crippen molar-refractivity contribution in [2.24, 2.45) is 0 Å². The lowest BCUT2D eigenvalue weighted by atomic mass is 10.00. The molecular weight excluding hydrogens is 229 g/mol. The standard InChI is InChI=1S/C15H22FNO/c1-2-3-4-5-9-17-14-8-10-18-15-7-6-12(16)11-13(14)15/h6-7,11,14,17H,2-5,8-10H2,1H3. The smallest absolute Gasteiger partial charge is 0.124 e. The summed E-state index contributed by atoms with van der Waals surface area (Å²) >= 11 is 0. The zero-order chi connectivity index (χ0) is 12.8. The van der Waals surface area contributed by atoms with E-state index in [1.807, 2.05) is 0 Å². The van der Waals surface area contributed by atoms with Gasteiger partial charge in [0, 0.05) is 18.0 Å². The molecule has 1 atom stereocenters. The highest BCUT2D eigenvalue weighted by Gasteiger charge is 2.21. The van der Waals surface area contributed by atoms with Gasteiger partial charge in [0.05, 0.1) is 6.61 Å². The van der Waals surface area contributed by atoms with Gasteiger partial charge in [0.1, 0.15) is 11.6 Å². The molecule has 1 unspecified atom stereocenters. The third kappa shape index (κ3) is 3.45. The Morgan fingerprint density at radius 2 is 2.22 bits per heavy atom. The Morgan fingerprint density at radius 3 is 3.06 bits per heavy atom. The number of halogens is 1. The van der Waals surface area contributed by atoms with E-state index in [9.17, 15) is 4.39 Å². The summed E-state index contributed by atoms with van der Waals surface area (Å²) < 4.78 is 18.8. The molecule has 0 saturated carbocycles. The Hall–Kier alpha value is -1.09. The van der Waals surface area contributed by atoms with Crippen LogP contribution in [0.2, 0.25) is 0 Å². The van der Waals surface area contributed by atoms with Crippen molar-refractivity contribution in [3.05, 3.63) is 29.6 Å². The molecule has 0 radical (unpaired) electrons. The molecule has 2 rings (SSSR count). The number of fused-ring (bicyclic) bond motifs is 1. The fourth-order valence-corrected chi connectivity index (χ4v) is 2.41. The van der Waals surface area contributed by atoms with E-state index in [0.29, 0.717) is 6.61 Å². The lowest BCUT2D eigenvalue weighted by molar-refractivity contribution is 0.251. The molecule has 100 valence electrons. The third-order valence-electron chi connectivity index (χ3n) is 3.43. The van der Waals surface area contributed by atoms with E-state index in [2.05, 4.69) is 12.2 Å². The second-order valence-corrected chi connectivity index (χ2v) is 4.89. The number of unbranched alkanes of at least 4 members (excludes halogenated alkanes) is 3. The van der Waals surface area contributed by atoms with E-state index in [-0.39, 0.29) is 11.9 Å². The summed E-state index contributed by atoms with van der Waals surface area (Å²) in [6.45, 7) is 3.93. The highest BCUT2D eigenvalue weighted by Crippen LogP contribution is 2.32. The minimum atomic E-state index is -0.183. The van der Waals surface area contributed by atoms with Gasteiger partial charge in [-0.15, -0.1) is 0 Å². The summed E-state index contributed by atoms with van der Waals surface area (Å²) in [6.07, 6.45) is 5.93. The normalized spacial score (nSPS) is 18.2. The van der Waals surface area contributed by atoms with Gasteiger partial charge in [-0.25, -0.2) is 4.39 Å². The summed E-state index contributed by atoms with van der Waals surface area (Å²) in [4.78, 5) is 0. The first kappa shape index (κ1) is 13.3. The largest absolute Gasteiger partial charge is 0.493 e. The molecule has 0 aliphatic carbocycles. The molecule has 0 amide bonds. The van der Waals surface area contributed by atoms with Crippen LogP contribution < -0.4 is 10.1 Å². The van der Waals surface area contributed by atoms with Crippen LogP contribution in [-0.4, -0.2) is 13.2 Å². The van der Waals surface area contributed by atoms with Crippen molar-refractivity contribution in [2.75, 3.05) is 13.2 Å². The van der Waals surface area contributed by atoms with Crippen molar-refractivity contribution in [2.45, 2.75) is 45.1 Å². The quantitative estimate of drug-likeness (QED) is 0.776. The first-order chi connectivity index (χ1) is 8.81. The number of benzene rings is 1. The van der Waals surface area contributed by atoms with Crippen LogP contribution in [0.3, 0.4) is 0 Å². The van der Waals surface area contributed by atoms with Gasteiger partial charge in [-0.1, -0.05) is 26.2 Å². The zero-order valence-electron chi connectivity index (χ0n) is 11.0. The van der Waals surface area contributed by atoms with Crippen LogP contribution in [0.25, 0.3) is 0 Å². The van der Waals surface area contributed by atoms with Gasteiger partial charge in [-0.05, 0) is 31.2 Å². The van der Waals surface area contributed by atoms with Gasteiger partial charge in [0.25, 0.3) is 0 Å². The van der Waals surface area contributed by atoms with Crippen molar-refractivity contribution in [3.63, 3.8) is 0 Å².